The minimum absolute atomic E-state index is 0.164. The average molecular weight is 287 g/mol. The Kier molecular flexibility index (Phi) is 3.33. The van der Waals surface area contributed by atoms with Crippen LogP contribution in [-0.4, -0.2) is 12.4 Å². The number of amidine groups is 1. The summed E-state index contributed by atoms with van der Waals surface area (Å²) in [6, 6.07) is 9.01. The van der Waals surface area contributed by atoms with Gasteiger partial charge in [0.05, 0.1) is 0 Å². The summed E-state index contributed by atoms with van der Waals surface area (Å²) < 4.78 is 26.7. The average Bonchev–Trinajstić information content (AvgIpc) is 2.83. The highest BCUT2D eigenvalue weighted by molar-refractivity contribution is 5.96. The van der Waals surface area contributed by atoms with Gasteiger partial charge in [0.1, 0.15) is 17.5 Å². The van der Waals surface area contributed by atoms with E-state index < -0.39 is 5.82 Å². The Morgan fingerprint density at radius 2 is 1.86 bits per heavy atom. The predicted molar refractivity (Wildman–Crippen MR) is 78.6 cm³/mol. The van der Waals surface area contributed by atoms with Gasteiger partial charge < -0.3 is 10.6 Å². The molecule has 0 saturated heterocycles. The number of benzene rings is 2. The third-order valence-electron chi connectivity index (χ3n) is 3.76. The molecule has 0 spiro atoms. The van der Waals surface area contributed by atoms with Crippen LogP contribution in [0.25, 0.3) is 0 Å². The molecule has 3 rings (SSSR count). The number of rotatable bonds is 3. The second-order valence-corrected chi connectivity index (χ2v) is 5.16. The smallest absolute Gasteiger partial charge is 0.125 e. The van der Waals surface area contributed by atoms with E-state index in [1.54, 1.807) is 12.1 Å². The van der Waals surface area contributed by atoms with Crippen LogP contribution in [-0.2, 0) is 13.0 Å². The van der Waals surface area contributed by atoms with E-state index in [9.17, 15) is 8.78 Å². The monoisotopic (exact) mass is 287 g/mol. The number of nitrogens with two attached hydrogens (primary N) is 1. The maximum atomic E-state index is 13.4. The van der Waals surface area contributed by atoms with E-state index in [1.807, 2.05) is 4.90 Å². The highest BCUT2D eigenvalue weighted by atomic mass is 19.1. The summed E-state index contributed by atoms with van der Waals surface area (Å²) >= 11 is 0. The van der Waals surface area contributed by atoms with E-state index in [0.717, 1.165) is 29.8 Å². The third-order valence-corrected chi connectivity index (χ3v) is 3.76. The molecule has 0 bridgehead atoms. The van der Waals surface area contributed by atoms with Crippen LogP contribution in [0.4, 0.5) is 14.5 Å². The summed E-state index contributed by atoms with van der Waals surface area (Å²) in [7, 11) is 0. The molecule has 5 heteroatoms. The fraction of sp³-hybridized carbons (Fsp3) is 0.188. The van der Waals surface area contributed by atoms with Gasteiger partial charge in [0.25, 0.3) is 0 Å². The van der Waals surface area contributed by atoms with Crippen molar-refractivity contribution >= 4 is 11.5 Å². The van der Waals surface area contributed by atoms with E-state index in [0.29, 0.717) is 12.1 Å². The van der Waals surface area contributed by atoms with Gasteiger partial charge in [-0.05, 0) is 41.8 Å². The highest BCUT2D eigenvalue weighted by Gasteiger charge is 2.21. The first-order valence-electron chi connectivity index (χ1n) is 6.71. The second-order valence-electron chi connectivity index (χ2n) is 5.16. The fourth-order valence-corrected chi connectivity index (χ4v) is 2.73. The molecule has 0 radical (unpaired) electrons. The van der Waals surface area contributed by atoms with Crippen LogP contribution in [0.5, 0.6) is 0 Å². The number of nitrogen functional groups attached to an aromatic ring is 1. The van der Waals surface area contributed by atoms with Crippen LogP contribution in [0, 0.1) is 17.0 Å². The molecule has 0 fully saturated rings. The van der Waals surface area contributed by atoms with Crippen LogP contribution in [0.1, 0.15) is 16.7 Å². The van der Waals surface area contributed by atoms with Crippen molar-refractivity contribution in [1.29, 1.82) is 5.41 Å². The summed E-state index contributed by atoms with van der Waals surface area (Å²) in [5, 5.41) is 7.56. The minimum Gasteiger partial charge on any atom is -0.384 e. The molecule has 0 saturated carbocycles. The van der Waals surface area contributed by atoms with Crippen molar-refractivity contribution in [2.24, 2.45) is 5.73 Å². The van der Waals surface area contributed by atoms with Crippen LogP contribution in [0.3, 0.4) is 0 Å². The second kappa shape index (κ2) is 5.16. The molecule has 0 amide bonds. The number of halogens is 2. The van der Waals surface area contributed by atoms with Gasteiger partial charge in [0.15, 0.2) is 0 Å². The largest absolute Gasteiger partial charge is 0.384 e. The van der Waals surface area contributed by atoms with Crippen molar-refractivity contribution in [3.05, 3.63) is 64.7 Å². The van der Waals surface area contributed by atoms with Crippen molar-refractivity contribution in [1.82, 2.24) is 0 Å². The summed E-state index contributed by atoms with van der Waals surface area (Å²) in [5.74, 6) is -0.855. The zero-order valence-electron chi connectivity index (χ0n) is 11.4. The Hall–Kier alpha value is -2.43. The van der Waals surface area contributed by atoms with Gasteiger partial charge in [-0.15, -0.1) is 0 Å². The van der Waals surface area contributed by atoms with Crippen molar-refractivity contribution < 1.29 is 8.78 Å². The van der Waals surface area contributed by atoms with Gasteiger partial charge in [-0.2, -0.15) is 0 Å². The quantitative estimate of drug-likeness (QED) is 0.673. The summed E-state index contributed by atoms with van der Waals surface area (Å²) in [6.07, 6.45) is 0.853. The first-order chi connectivity index (χ1) is 10.0. The summed E-state index contributed by atoms with van der Waals surface area (Å²) in [6.45, 7) is 1.25. The number of hydrogen-bond acceptors (Lipinski definition) is 2. The molecule has 108 valence electrons. The molecule has 2 aromatic carbocycles. The number of anilines is 1. The number of hydrogen-bond donors (Lipinski definition) is 2. The lowest BCUT2D eigenvalue weighted by Gasteiger charge is -2.21. The number of fused-ring (bicyclic) bond motifs is 1. The normalized spacial score (nSPS) is 13.3. The van der Waals surface area contributed by atoms with Gasteiger partial charge >= 0.3 is 0 Å². The molecule has 3 N–H and O–H groups in total. The van der Waals surface area contributed by atoms with Crippen molar-refractivity contribution in [2.75, 3.05) is 11.4 Å². The van der Waals surface area contributed by atoms with E-state index in [4.69, 9.17) is 11.1 Å². The molecule has 0 aromatic heterocycles. The molecule has 0 atom stereocenters. The molecular weight excluding hydrogens is 272 g/mol. The van der Waals surface area contributed by atoms with Gasteiger partial charge in [-0.1, -0.05) is 12.1 Å². The molecule has 0 unspecified atom stereocenters. The van der Waals surface area contributed by atoms with Crippen LogP contribution in [0.15, 0.2) is 36.4 Å². The van der Waals surface area contributed by atoms with Crippen molar-refractivity contribution in [2.45, 2.75) is 13.0 Å². The van der Waals surface area contributed by atoms with Gasteiger partial charge in [0.2, 0.25) is 0 Å². The SMILES string of the molecule is N=C(N)c1cc(F)ccc1CN1CCc2ccc(F)cc21. The first kappa shape index (κ1) is 13.5. The molecule has 3 nitrogen and oxygen atoms in total. The van der Waals surface area contributed by atoms with Crippen LogP contribution < -0.4 is 10.6 Å². The Bertz CT molecular complexity index is 713. The standard InChI is InChI=1S/C16H15F2N3/c17-12-4-2-11(14(7-12)16(19)20)9-21-6-5-10-1-3-13(18)8-15(10)21/h1-4,7-8H,5-6,9H2,(H3,19,20). The van der Waals surface area contributed by atoms with E-state index in [-0.39, 0.29) is 11.7 Å². The topological polar surface area (TPSA) is 53.1 Å². The number of nitrogens with one attached hydrogen (secondary N) is 1. The van der Waals surface area contributed by atoms with E-state index in [1.165, 1.54) is 24.3 Å². The number of nitrogens with zero attached hydrogens (tertiary/aromatic N) is 1. The third kappa shape index (κ3) is 2.59. The van der Waals surface area contributed by atoms with Crippen LogP contribution in [0.2, 0.25) is 0 Å². The Morgan fingerprint density at radius 1 is 1.14 bits per heavy atom. The molecule has 1 heterocycles. The lowest BCUT2D eigenvalue weighted by Crippen LogP contribution is -2.23. The lowest BCUT2D eigenvalue weighted by molar-refractivity contribution is 0.626. The zero-order chi connectivity index (χ0) is 15.0. The van der Waals surface area contributed by atoms with Crippen molar-refractivity contribution in [3.8, 4) is 0 Å². The summed E-state index contributed by atoms with van der Waals surface area (Å²) in [4.78, 5) is 2.03. The Balaban J connectivity index is 1.93. The maximum Gasteiger partial charge on any atom is 0.125 e. The first-order valence-corrected chi connectivity index (χ1v) is 6.71. The van der Waals surface area contributed by atoms with Gasteiger partial charge in [0, 0.05) is 24.3 Å². The molecule has 21 heavy (non-hydrogen) atoms. The van der Waals surface area contributed by atoms with Gasteiger partial charge in [-0.3, -0.25) is 5.41 Å². The van der Waals surface area contributed by atoms with E-state index >= 15 is 0 Å². The predicted octanol–water partition coefficient (Wildman–Crippen LogP) is 2.81. The molecule has 0 aliphatic carbocycles. The van der Waals surface area contributed by atoms with Gasteiger partial charge in [-0.25, -0.2) is 8.78 Å². The summed E-state index contributed by atoms with van der Waals surface area (Å²) in [5.41, 5.74) is 8.62. The Labute approximate surface area is 121 Å². The van der Waals surface area contributed by atoms with Crippen molar-refractivity contribution in [3.63, 3.8) is 0 Å². The Morgan fingerprint density at radius 3 is 2.62 bits per heavy atom. The molecule has 1 aliphatic heterocycles. The zero-order valence-corrected chi connectivity index (χ0v) is 11.4. The van der Waals surface area contributed by atoms with Crippen LogP contribution >= 0.6 is 0 Å². The highest BCUT2D eigenvalue weighted by Crippen LogP contribution is 2.30. The fourth-order valence-electron chi connectivity index (χ4n) is 2.73. The maximum absolute atomic E-state index is 13.4. The molecule has 1 aliphatic rings. The molecule has 2 aromatic rings. The minimum atomic E-state index is -0.420. The lowest BCUT2D eigenvalue weighted by atomic mass is 10.1. The van der Waals surface area contributed by atoms with E-state index in [2.05, 4.69) is 0 Å². The molecular formula is C16H15F2N3.